The van der Waals surface area contributed by atoms with Gasteiger partial charge in [-0.3, -0.25) is 4.68 Å². The summed E-state index contributed by atoms with van der Waals surface area (Å²) >= 11 is 0. The number of aromatic nitrogens is 6. The molecule has 0 saturated carbocycles. The van der Waals surface area contributed by atoms with Gasteiger partial charge in [-0.25, -0.2) is 28.7 Å². The maximum Gasteiger partial charge on any atom is 0.257 e. The highest BCUT2D eigenvalue weighted by atomic mass is 28.4. The molecular formula is C27H35F2N7O2Si. The second-order valence-corrected chi connectivity index (χ2v) is 15.6. The van der Waals surface area contributed by atoms with Crippen LogP contribution in [0.15, 0.2) is 42.7 Å². The predicted molar refractivity (Wildman–Crippen MR) is 150 cm³/mol. The SMILES string of the molecule is Cc1nccc(Nc2nc(-c3nn(CC(F)F)c4ccccc34)ncc2OCCCO[Si](C)(C)C(C)(C)C)n1. The maximum absolute atomic E-state index is 13.2. The van der Waals surface area contributed by atoms with E-state index in [-0.39, 0.29) is 10.9 Å². The summed E-state index contributed by atoms with van der Waals surface area (Å²) in [4.78, 5) is 17.7. The van der Waals surface area contributed by atoms with Crippen molar-refractivity contribution < 1.29 is 17.9 Å². The third-order valence-electron chi connectivity index (χ3n) is 6.77. The molecule has 1 N–H and O–H groups in total. The fourth-order valence-corrected chi connectivity index (χ4v) is 4.76. The van der Waals surface area contributed by atoms with Gasteiger partial charge < -0.3 is 14.5 Å². The average Bonchev–Trinajstić information content (AvgIpc) is 3.21. The highest BCUT2D eigenvalue weighted by molar-refractivity contribution is 6.74. The van der Waals surface area contributed by atoms with Crippen LogP contribution in [0.4, 0.5) is 20.4 Å². The fraction of sp³-hybridized carbons (Fsp3) is 0.444. The van der Waals surface area contributed by atoms with Crippen molar-refractivity contribution in [3.8, 4) is 17.3 Å². The van der Waals surface area contributed by atoms with Gasteiger partial charge in [0.1, 0.15) is 23.9 Å². The van der Waals surface area contributed by atoms with Crippen molar-refractivity contribution in [1.82, 2.24) is 29.7 Å². The molecule has 208 valence electrons. The van der Waals surface area contributed by atoms with Crippen molar-refractivity contribution in [2.45, 2.75) is 65.2 Å². The van der Waals surface area contributed by atoms with E-state index in [4.69, 9.17) is 9.16 Å². The molecule has 0 aliphatic rings. The van der Waals surface area contributed by atoms with E-state index in [0.29, 0.717) is 59.4 Å². The number of ether oxygens (including phenoxy) is 1. The van der Waals surface area contributed by atoms with E-state index < -0.39 is 21.3 Å². The van der Waals surface area contributed by atoms with Crippen LogP contribution in [-0.2, 0) is 11.0 Å². The molecule has 0 amide bonds. The molecule has 0 aliphatic carbocycles. The number of aryl methyl sites for hydroxylation is 1. The first-order valence-corrected chi connectivity index (χ1v) is 15.8. The second-order valence-electron chi connectivity index (χ2n) is 10.8. The lowest BCUT2D eigenvalue weighted by molar-refractivity contribution is 0.123. The summed E-state index contributed by atoms with van der Waals surface area (Å²) in [6, 6.07) is 8.90. The molecule has 4 rings (SSSR count). The molecular weight excluding hydrogens is 520 g/mol. The lowest BCUT2D eigenvalue weighted by Gasteiger charge is -2.36. The van der Waals surface area contributed by atoms with Crippen LogP contribution in [0, 0.1) is 6.92 Å². The topological polar surface area (TPSA) is 99.9 Å². The number of anilines is 2. The highest BCUT2D eigenvalue weighted by Gasteiger charge is 2.36. The largest absolute Gasteiger partial charge is 0.488 e. The Kier molecular flexibility index (Phi) is 8.55. The quantitative estimate of drug-likeness (QED) is 0.168. The van der Waals surface area contributed by atoms with Crippen LogP contribution in [0.3, 0.4) is 0 Å². The van der Waals surface area contributed by atoms with Crippen molar-refractivity contribution in [3.05, 3.63) is 48.5 Å². The minimum Gasteiger partial charge on any atom is -0.488 e. The van der Waals surface area contributed by atoms with Gasteiger partial charge in [0.2, 0.25) is 0 Å². The molecule has 3 heterocycles. The molecule has 9 nitrogen and oxygen atoms in total. The third-order valence-corrected chi connectivity index (χ3v) is 11.3. The van der Waals surface area contributed by atoms with Crippen LogP contribution in [0.25, 0.3) is 22.4 Å². The van der Waals surface area contributed by atoms with Gasteiger partial charge in [0, 0.05) is 24.6 Å². The Morgan fingerprint density at radius 1 is 1.05 bits per heavy atom. The lowest BCUT2D eigenvalue weighted by atomic mass is 10.2. The number of hydrogen-bond acceptors (Lipinski definition) is 8. The van der Waals surface area contributed by atoms with Crippen LogP contribution in [0.5, 0.6) is 5.75 Å². The molecule has 0 atom stereocenters. The Balaban J connectivity index is 1.60. The number of hydrogen-bond donors (Lipinski definition) is 1. The fourth-order valence-electron chi connectivity index (χ4n) is 3.67. The molecule has 0 saturated heterocycles. The molecule has 39 heavy (non-hydrogen) atoms. The minimum atomic E-state index is -2.54. The van der Waals surface area contributed by atoms with Crippen molar-refractivity contribution >= 4 is 30.9 Å². The van der Waals surface area contributed by atoms with E-state index in [1.54, 1.807) is 37.5 Å². The van der Waals surface area contributed by atoms with Crippen LogP contribution in [-0.4, -0.2) is 57.7 Å². The number of alkyl halides is 2. The van der Waals surface area contributed by atoms with E-state index in [2.05, 4.69) is 64.2 Å². The zero-order chi connectivity index (χ0) is 28.2. The molecule has 0 spiro atoms. The summed E-state index contributed by atoms with van der Waals surface area (Å²) in [6.07, 6.45) is 1.36. The smallest absolute Gasteiger partial charge is 0.257 e. The van der Waals surface area contributed by atoms with Crippen molar-refractivity contribution in [1.29, 1.82) is 0 Å². The van der Waals surface area contributed by atoms with E-state index in [0.717, 1.165) is 0 Å². The van der Waals surface area contributed by atoms with E-state index >= 15 is 0 Å². The van der Waals surface area contributed by atoms with Crippen molar-refractivity contribution in [2.24, 2.45) is 0 Å². The van der Waals surface area contributed by atoms with Gasteiger partial charge in [0.05, 0.1) is 18.3 Å². The number of nitrogens with one attached hydrogen (secondary N) is 1. The summed E-state index contributed by atoms with van der Waals surface area (Å²) in [5.41, 5.74) is 0.988. The monoisotopic (exact) mass is 555 g/mol. The molecule has 0 fully saturated rings. The Labute approximate surface area is 228 Å². The van der Waals surface area contributed by atoms with E-state index in [1.165, 1.54) is 4.68 Å². The third kappa shape index (κ3) is 6.93. The molecule has 4 aromatic rings. The summed E-state index contributed by atoms with van der Waals surface area (Å²) in [5.74, 6) is 2.22. The summed E-state index contributed by atoms with van der Waals surface area (Å²) < 4.78 is 40.0. The number of nitrogens with zero attached hydrogens (tertiary/aromatic N) is 6. The molecule has 1 aromatic carbocycles. The molecule has 3 aromatic heterocycles. The first kappa shape index (κ1) is 28.5. The lowest BCUT2D eigenvalue weighted by Crippen LogP contribution is -2.41. The molecule has 0 bridgehead atoms. The van der Waals surface area contributed by atoms with Gasteiger partial charge in [-0.05, 0) is 37.2 Å². The van der Waals surface area contributed by atoms with Gasteiger partial charge in [-0.1, -0.05) is 39.0 Å². The van der Waals surface area contributed by atoms with Gasteiger partial charge >= 0.3 is 0 Å². The second kappa shape index (κ2) is 11.7. The Morgan fingerprint density at radius 2 is 1.82 bits per heavy atom. The van der Waals surface area contributed by atoms with Crippen molar-refractivity contribution in [3.63, 3.8) is 0 Å². The minimum absolute atomic E-state index is 0.136. The predicted octanol–water partition coefficient (Wildman–Crippen LogP) is 6.39. The Bertz CT molecular complexity index is 1420. The number of benzene rings is 1. The number of halogens is 2. The Hall–Kier alpha value is -3.51. The van der Waals surface area contributed by atoms with E-state index in [1.807, 2.05) is 12.1 Å². The number of fused-ring (bicyclic) bond motifs is 1. The van der Waals surface area contributed by atoms with Crippen LogP contribution < -0.4 is 10.1 Å². The first-order chi connectivity index (χ1) is 18.4. The summed E-state index contributed by atoms with van der Waals surface area (Å²) in [5, 5.41) is 8.43. The van der Waals surface area contributed by atoms with Crippen LogP contribution >= 0.6 is 0 Å². The summed E-state index contributed by atoms with van der Waals surface area (Å²) in [7, 11) is -1.84. The van der Waals surface area contributed by atoms with E-state index in [9.17, 15) is 8.78 Å². The number of rotatable bonds is 11. The average molecular weight is 556 g/mol. The van der Waals surface area contributed by atoms with Crippen molar-refractivity contribution in [2.75, 3.05) is 18.5 Å². The molecule has 12 heteroatoms. The van der Waals surface area contributed by atoms with Gasteiger partial charge in [-0.15, -0.1) is 0 Å². The maximum atomic E-state index is 13.2. The Morgan fingerprint density at radius 3 is 2.54 bits per heavy atom. The zero-order valence-electron chi connectivity index (χ0n) is 23.2. The summed E-state index contributed by atoms with van der Waals surface area (Å²) in [6.45, 7) is 13.3. The van der Waals surface area contributed by atoms with Crippen LogP contribution in [0.1, 0.15) is 33.0 Å². The standard InChI is InChI=1S/C27H35F2N7O2Si/c1-18-30-13-12-23(32-18)33-25-21(37-14-9-15-38-39(5,6)27(2,3)4)16-31-26(34-25)24-19-10-7-8-11-20(19)36(35-24)17-22(28)29/h7-8,10-13,16,22H,9,14-15,17H2,1-6H3,(H,30,31,32,33,34). The molecule has 0 aliphatic heterocycles. The van der Waals surface area contributed by atoms with Gasteiger partial charge in [0.15, 0.2) is 25.7 Å². The molecule has 0 unspecified atom stereocenters. The highest BCUT2D eigenvalue weighted by Crippen LogP contribution is 2.36. The molecule has 0 radical (unpaired) electrons. The van der Waals surface area contributed by atoms with Gasteiger partial charge in [-0.2, -0.15) is 5.10 Å². The number of para-hydroxylation sites is 1. The van der Waals surface area contributed by atoms with Gasteiger partial charge in [0.25, 0.3) is 6.43 Å². The first-order valence-electron chi connectivity index (χ1n) is 12.9. The normalized spacial score (nSPS) is 12.3. The zero-order valence-corrected chi connectivity index (χ0v) is 24.2. The van der Waals surface area contributed by atoms with Crippen LogP contribution in [0.2, 0.25) is 18.1 Å².